The zero-order chi connectivity index (χ0) is 32.7. The van der Waals surface area contributed by atoms with Crippen LogP contribution in [0.15, 0.2) is 108 Å². The third-order valence-electron chi connectivity index (χ3n) is 8.50. The summed E-state index contributed by atoms with van der Waals surface area (Å²) in [6.45, 7) is 3.42. The van der Waals surface area contributed by atoms with Gasteiger partial charge in [0, 0.05) is 24.0 Å². The minimum atomic E-state index is -4.19. The number of hydrogen-bond acceptors (Lipinski definition) is 4. The van der Waals surface area contributed by atoms with Crippen molar-refractivity contribution >= 4 is 39.1 Å². The van der Waals surface area contributed by atoms with Gasteiger partial charge >= 0.3 is 0 Å². The van der Waals surface area contributed by atoms with Crippen LogP contribution in [0.3, 0.4) is 0 Å². The van der Waals surface area contributed by atoms with Crippen molar-refractivity contribution in [2.24, 2.45) is 0 Å². The van der Waals surface area contributed by atoms with Gasteiger partial charge in [0.15, 0.2) is 0 Å². The molecular weight excluding hydrogens is 618 g/mol. The smallest absolute Gasteiger partial charge is 0.264 e. The number of hydrogen-bond donors (Lipinski definition) is 1. The SMILES string of the molecule is Cc1ccc(CN(C(=O)CN(c2ccc(C)c(Cl)c2)S(=O)(=O)c2ccccc2)C(Cc2ccccc2)C(=O)NC2CCCC2)cc1. The fraction of sp³-hybridized carbons (Fsp3) is 0.297. The van der Waals surface area contributed by atoms with Gasteiger partial charge in [0.1, 0.15) is 12.6 Å². The molecule has 1 saturated carbocycles. The number of carbonyl (C=O) groups excluding carboxylic acids is 2. The van der Waals surface area contributed by atoms with Crippen molar-refractivity contribution < 1.29 is 18.0 Å². The topological polar surface area (TPSA) is 86.8 Å². The molecule has 1 aliphatic rings. The number of rotatable bonds is 12. The monoisotopic (exact) mass is 657 g/mol. The maximum absolute atomic E-state index is 14.6. The lowest BCUT2D eigenvalue weighted by molar-refractivity contribution is -0.140. The highest BCUT2D eigenvalue weighted by molar-refractivity contribution is 7.92. The highest BCUT2D eigenvalue weighted by Gasteiger charge is 2.35. The molecule has 4 aromatic carbocycles. The Hall–Kier alpha value is -4.14. The van der Waals surface area contributed by atoms with E-state index in [1.165, 1.54) is 17.0 Å². The lowest BCUT2D eigenvalue weighted by Crippen LogP contribution is -2.54. The van der Waals surface area contributed by atoms with Crippen LogP contribution in [0.2, 0.25) is 5.02 Å². The van der Waals surface area contributed by atoms with E-state index in [0.29, 0.717) is 5.02 Å². The fourth-order valence-electron chi connectivity index (χ4n) is 5.80. The Morgan fingerprint density at radius 2 is 1.48 bits per heavy atom. The van der Waals surface area contributed by atoms with Gasteiger partial charge in [-0.2, -0.15) is 0 Å². The number of amides is 2. The van der Waals surface area contributed by atoms with Crippen LogP contribution in [0, 0.1) is 13.8 Å². The van der Waals surface area contributed by atoms with Crippen LogP contribution in [0.4, 0.5) is 5.69 Å². The Kier molecular flexibility index (Phi) is 10.8. The maximum atomic E-state index is 14.6. The number of carbonyl (C=O) groups is 2. The molecule has 1 atom stereocenters. The summed E-state index contributed by atoms with van der Waals surface area (Å²) < 4.78 is 29.4. The van der Waals surface area contributed by atoms with Crippen molar-refractivity contribution in [3.05, 3.63) is 130 Å². The Bertz CT molecular complexity index is 1740. The van der Waals surface area contributed by atoms with E-state index in [1.54, 1.807) is 36.4 Å². The van der Waals surface area contributed by atoms with E-state index >= 15 is 0 Å². The second-order valence-electron chi connectivity index (χ2n) is 12.0. The van der Waals surface area contributed by atoms with Crippen LogP contribution in [-0.2, 0) is 32.6 Å². The quantitative estimate of drug-likeness (QED) is 0.181. The average Bonchev–Trinajstić information content (AvgIpc) is 3.57. The van der Waals surface area contributed by atoms with E-state index < -0.39 is 28.5 Å². The zero-order valence-corrected chi connectivity index (χ0v) is 27.8. The minimum absolute atomic E-state index is 0.0457. The molecule has 0 heterocycles. The Balaban J connectivity index is 1.57. The zero-order valence-electron chi connectivity index (χ0n) is 26.2. The number of sulfonamides is 1. The van der Waals surface area contributed by atoms with Crippen LogP contribution in [-0.4, -0.2) is 43.8 Å². The molecule has 0 saturated heterocycles. The third kappa shape index (κ3) is 8.17. The molecule has 0 aromatic heterocycles. The van der Waals surface area contributed by atoms with Crippen molar-refractivity contribution in [3.8, 4) is 0 Å². The Morgan fingerprint density at radius 3 is 2.11 bits per heavy atom. The van der Waals surface area contributed by atoms with E-state index in [4.69, 9.17) is 11.6 Å². The van der Waals surface area contributed by atoms with Crippen LogP contribution in [0.1, 0.15) is 47.9 Å². The van der Waals surface area contributed by atoms with Gasteiger partial charge in [0.25, 0.3) is 10.0 Å². The van der Waals surface area contributed by atoms with Crippen LogP contribution >= 0.6 is 11.6 Å². The fourth-order valence-corrected chi connectivity index (χ4v) is 7.40. The Morgan fingerprint density at radius 1 is 0.848 bits per heavy atom. The van der Waals surface area contributed by atoms with E-state index in [1.807, 2.05) is 68.4 Å². The Labute approximate surface area is 277 Å². The van der Waals surface area contributed by atoms with E-state index in [-0.39, 0.29) is 35.5 Å². The van der Waals surface area contributed by atoms with Crippen LogP contribution in [0.5, 0.6) is 0 Å². The van der Waals surface area contributed by atoms with Gasteiger partial charge in [-0.05, 0) is 67.6 Å². The van der Waals surface area contributed by atoms with Crippen molar-refractivity contribution in [1.29, 1.82) is 0 Å². The van der Waals surface area contributed by atoms with Gasteiger partial charge in [0.2, 0.25) is 11.8 Å². The van der Waals surface area contributed by atoms with Gasteiger partial charge < -0.3 is 10.2 Å². The predicted octanol–water partition coefficient (Wildman–Crippen LogP) is 6.85. The standard InChI is InChI=1S/C37H40ClN3O4S/c1-27-17-20-30(21-18-27)25-40(35(23-29-11-5-3-6-12-29)37(43)39-31-13-9-10-14-31)36(42)26-41(32-22-19-28(2)34(38)24-32)46(44,45)33-15-7-4-8-16-33/h3-8,11-12,15-22,24,31,35H,9-10,13-14,23,25-26H2,1-2H3,(H,39,43). The summed E-state index contributed by atoms with van der Waals surface area (Å²) in [6.07, 6.45) is 4.16. The molecule has 7 nitrogen and oxygen atoms in total. The highest BCUT2D eigenvalue weighted by Crippen LogP contribution is 2.29. The van der Waals surface area contributed by atoms with Crippen molar-refractivity contribution in [1.82, 2.24) is 10.2 Å². The van der Waals surface area contributed by atoms with Gasteiger partial charge in [-0.25, -0.2) is 8.42 Å². The molecule has 1 N–H and O–H groups in total. The molecule has 5 rings (SSSR count). The number of benzene rings is 4. The molecule has 0 aliphatic heterocycles. The molecule has 0 spiro atoms. The predicted molar refractivity (Wildman–Crippen MR) is 183 cm³/mol. The molecule has 2 amide bonds. The lowest BCUT2D eigenvalue weighted by Gasteiger charge is -2.34. The largest absolute Gasteiger partial charge is 0.352 e. The van der Waals surface area contributed by atoms with Gasteiger partial charge in [-0.15, -0.1) is 0 Å². The van der Waals surface area contributed by atoms with Crippen LogP contribution in [0.25, 0.3) is 0 Å². The van der Waals surface area contributed by atoms with Crippen molar-refractivity contribution in [2.75, 3.05) is 10.8 Å². The summed E-state index contributed by atoms with van der Waals surface area (Å²) >= 11 is 6.47. The molecule has 240 valence electrons. The van der Waals surface area contributed by atoms with Gasteiger partial charge in [-0.1, -0.05) is 109 Å². The van der Waals surface area contributed by atoms with Crippen molar-refractivity contribution in [2.45, 2.75) is 69.5 Å². The maximum Gasteiger partial charge on any atom is 0.264 e. The molecular formula is C37H40ClN3O4S. The second-order valence-corrected chi connectivity index (χ2v) is 14.2. The van der Waals surface area contributed by atoms with Gasteiger partial charge in [-0.3, -0.25) is 13.9 Å². The van der Waals surface area contributed by atoms with E-state index in [2.05, 4.69) is 5.32 Å². The normalized spacial score (nSPS) is 14.1. The summed E-state index contributed by atoms with van der Waals surface area (Å²) in [5, 5.41) is 3.58. The first-order valence-electron chi connectivity index (χ1n) is 15.6. The van der Waals surface area contributed by atoms with Crippen LogP contribution < -0.4 is 9.62 Å². The summed E-state index contributed by atoms with van der Waals surface area (Å²) in [5.41, 5.74) is 3.84. The summed E-state index contributed by atoms with van der Waals surface area (Å²) in [5.74, 6) is -0.744. The molecule has 1 aliphatic carbocycles. The first-order valence-corrected chi connectivity index (χ1v) is 17.5. The molecule has 1 fully saturated rings. The molecule has 4 aromatic rings. The first kappa shape index (κ1) is 33.2. The summed E-state index contributed by atoms with van der Waals surface area (Å²) in [6, 6.07) is 29.5. The molecule has 0 radical (unpaired) electrons. The second kappa shape index (κ2) is 15.0. The molecule has 1 unspecified atom stereocenters. The number of nitrogens with one attached hydrogen (secondary N) is 1. The van der Waals surface area contributed by atoms with Gasteiger partial charge in [0.05, 0.1) is 10.6 Å². The minimum Gasteiger partial charge on any atom is -0.352 e. The number of nitrogens with zero attached hydrogens (tertiary/aromatic N) is 2. The average molecular weight is 658 g/mol. The summed E-state index contributed by atoms with van der Waals surface area (Å²) in [7, 11) is -4.19. The molecule has 46 heavy (non-hydrogen) atoms. The third-order valence-corrected chi connectivity index (χ3v) is 10.7. The molecule has 9 heteroatoms. The number of anilines is 1. The van der Waals surface area contributed by atoms with E-state index in [9.17, 15) is 18.0 Å². The number of halogens is 1. The number of aryl methyl sites for hydroxylation is 2. The summed E-state index contributed by atoms with van der Waals surface area (Å²) in [4.78, 5) is 30.3. The first-order chi connectivity index (χ1) is 22.1. The molecule has 0 bridgehead atoms. The van der Waals surface area contributed by atoms with Crippen molar-refractivity contribution in [3.63, 3.8) is 0 Å². The lowest BCUT2D eigenvalue weighted by atomic mass is 10.0. The highest BCUT2D eigenvalue weighted by atomic mass is 35.5. The van der Waals surface area contributed by atoms with E-state index in [0.717, 1.165) is 52.2 Å².